The molecule has 4 rings (SSSR count). The van der Waals surface area contributed by atoms with E-state index in [-0.39, 0.29) is 23.5 Å². The summed E-state index contributed by atoms with van der Waals surface area (Å²) in [7, 11) is 0. The molecule has 8 heteroatoms. The second-order valence-electron chi connectivity index (χ2n) is 7.04. The number of hydrogen-bond donors (Lipinski definition) is 1. The third-order valence-corrected chi connectivity index (χ3v) is 5.88. The summed E-state index contributed by atoms with van der Waals surface area (Å²) in [5.41, 5.74) is 2.12. The molecule has 6 nitrogen and oxygen atoms in total. The molecule has 2 amide bonds. The van der Waals surface area contributed by atoms with Crippen molar-refractivity contribution in [2.24, 2.45) is 15.9 Å². The number of fused-ring (bicyclic) bond motifs is 3. The molecule has 1 N–H and O–H groups in total. The summed E-state index contributed by atoms with van der Waals surface area (Å²) in [6.45, 7) is 3.94. The molecule has 148 valence electrons. The van der Waals surface area contributed by atoms with Crippen LogP contribution in [0.1, 0.15) is 19.4 Å². The van der Waals surface area contributed by atoms with Crippen molar-refractivity contribution in [2.75, 3.05) is 11.1 Å². The first-order valence-electron chi connectivity index (χ1n) is 9.22. The number of amides is 2. The maximum absolute atomic E-state index is 13.0. The summed E-state index contributed by atoms with van der Waals surface area (Å²) < 4.78 is 0. The van der Waals surface area contributed by atoms with Gasteiger partial charge in [-0.3, -0.25) is 14.6 Å². The highest BCUT2D eigenvalue weighted by Gasteiger charge is 2.42. The van der Waals surface area contributed by atoms with E-state index in [4.69, 9.17) is 11.6 Å². The molecular weight excluding hydrogens is 408 g/mol. The molecule has 2 aromatic rings. The average Bonchev–Trinajstić information content (AvgIpc) is 3.06. The van der Waals surface area contributed by atoms with E-state index in [1.165, 1.54) is 11.8 Å². The molecule has 1 atom stereocenters. The van der Waals surface area contributed by atoms with Crippen LogP contribution in [-0.2, 0) is 9.59 Å². The van der Waals surface area contributed by atoms with E-state index in [2.05, 4.69) is 15.3 Å². The molecule has 0 saturated heterocycles. The first kappa shape index (κ1) is 19.7. The number of benzene rings is 2. The SMILES string of the molecule is CC(C)[C@@H]1N=C2c3ccccc3N=C(SCC(=O)Nc3ccccc3Cl)N2C1=O. The summed E-state index contributed by atoms with van der Waals surface area (Å²) in [6.07, 6.45) is 0. The predicted octanol–water partition coefficient (Wildman–Crippen LogP) is 4.33. The highest BCUT2D eigenvalue weighted by Crippen LogP contribution is 2.34. The van der Waals surface area contributed by atoms with E-state index in [0.29, 0.717) is 21.7 Å². The summed E-state index contributed by atoms with van der Waals surface area (Å²) in [4.78, 5) is 36.2. The van der Waals surface area contributed by atoms with Crippen LogP contribution in [0, 0.1) is 5.92 Å². The summed E-state index contributed by atoms with van der Waals surface area (Å²) in [5, 5.41) is 3.72. The molecule has 0 radical (unpaired) electrons. The third kappa shape index (κ3) is 3.80. The second kappa shape index (κ2) is 8.00. The Kier molecular flexibility index (Phi) is 5.43. The molecule has 0 spiro atoms. The maximum Gasteiger partial charge on any atom is 0.259 e. The van der Waals surface area contributed by atoms with E-state index in [1.54, 1.807) is 29.2 Å². The Hall–Kier alpha value is -2.64. The van der Waals surface area contributed by atoms with Crippen LogP contribution in [0.5, 0.6) is 0 Å². The number of para-hydroxylation sites is 2. The van der Waals surface area contributed by atoms with Crippen molar-refractivity contribution in [2.45, 2.75) is 19.9 Å². The Balaban J connectivity index is 1.56. The van der Waals surface area contributed by atoms with E-state index < -0.39 is 6.04 Å². The zero-order chi connectivity index (χ0) is 20.5. The number of thioether (sulfide) groups is 1. The van der Waals surface area contributed by atoms with Gasteiger partial charge in [-0.1, -0.05) is 61.5 Å². The van der Waals surface area contributed by atoms with Gasteiger partial charge in [0.05, 0.1) is 22.2 Å². The van der Waals surface area contributed by atoms with Crippen LogP contribution in [0.15, 0.2) is 58.5 Å². The van der Waals surface area contributed by atoms with Gasteiger partial charge in [0.25, 0.3) is 5.91 Å². The highest BCUT2D eigenvalue weighted by atomic mass is 35.5. The molecule has 0 bridgehead atoms. The normalized spacial score (nSPS) is 17.6. The average molecular weight is 427 g/mol. The van der Waals surface area contributed by atoms with Crippen molar-refractivity contribution in [3.8, 4) is 0 Å². The number of halogens is 1. The number of nitrogens with one attached hydrogen (secondary N) is 1. The van der Waals surface area contributed by atoms with Crippen LogP contribution in [0.3, 0.4) is 0 Å². The van der Waals surface area contributed by atoms with Gasteiger partial charge >= 0.3 is 0 Å². The fourth-order valence-electron chi connectivity index (χ4n) is 3.18. The van der Waals surface area contributed by atoms with Crippen LogP contribution in [0.2, 0.25) is 5.02 Å². The van der Waals surface area contributed by atoms with Crippen molar-refractivity contribution in [1.29, 1.82) is 0 Å². The van der Waals surface area contributed by atoms with Crippen LogP contribution < -0.4 is 5.32 Å². The monoisotopic (exact) mass is 426 g/mol. The molecule has 0 saturated carbocycles. The van der Waals surface area contributed by atoms with Crippen LogP contribution in [0.4, 0.5) is 11.4 Å². The Bertz CT molecular complexity index is 1050. The van der Waals surface area contributed by atoms with Gasteiger partial charge in [0.15, 0.2) is 5.17 Å². The predicted molar refractivity (Wildman–Crippen MR) is 118 cm³/mol. The molecule has 29 heavy (non-hydrogen) atoms. The Labute approximate surface area is 178 Å². The van der Waals surface area contributed by atoms with Gasteiger partial charge in [0, 0.05) is 5.56 Å². The molecule has 0 fully saturated rings. The minimum atomic E-state index is -0.445. The molecule has 2 aliphatic rings. The van der Waals surface area contributed by atoms with Gasteiger partial charge in [0.2, 0.25) is 5.91 Å². The minimum Gasteiger partial charge on any atom is -0.324 e. The molecular formula is C21H19ClN4O2S. The number of aliphatic imine (C=N–C) groups is 2. The molecule has 2 aliphatic heterocycles. The zero-order valence-electron chi connectivity index (χ0n) is 15.9. The van der Waals surface area contributed by atoms with Gasteiger partial charge in [-0.15, -0.1) is 0 Å². The van der Waals surface area contributed by atoms with Gasteiger partial charge in [-0.05, 0) is 30.2 Å². The van der Waals surface area contributed by atoms with Crippen molar-refractivity contribution >= 4 is 57.6 Å². The lowest BCUT2D eigenvalue weighted by molar-refractivity contribution is -0.125. The summed E-state index contributed by atoms with van der Waals surface area (Å²) in [5.74, 6) is 0.434. The fraction of sp³-hybridized carbons (Fsp3) is 0.238. The lowest BCUT2D eigenvalue weighted by Crippen LogP contribution is -2.42. The van der Waals surface area contributed by atoms with Gasteiger partial charge in [-0.2, -0.15) is 0 Å². The number of carbonyl (C=O) groups excluding carboxylic acids is 2. The number of hydrogen-bond acceptors (Lipinski definition) is 5. The molecule has 0 aliphatic carbocycles. The first-order valence-corrected chi connectivity index (χ1v) is 10.6. The molecule has 2 heterocycles. The third-order valence-electron chi connectivity index (χ3n) is 4.61. The Morgan fingerprint density at radius 3 is 2.69 bits per heavy atom. The summed E-state index contributed by atoms with van der Waals surface area (Å²) in [6, 6.07) is 14.2. The largest absolute Gasteiger partial charge is 0.324 e. The molecule has 2 aromatic carbocycles. The first-order chi connectivity index (χ1) is 14.0. The lowest BCUT2D eigenvalue weighted by atomic mass is 10.1. The van der Waals surface area contributed by atoms with Crippen LogP contribution >= 0.6 is 23.4 Å². The number of anilines is 1. The van der Waals surface area contributed by atoms with Crippen molar-refractivity contribution in [1.82, 2.24) is 4.90 Å². The fourth-order valence-corrected chi connectivity index (χ4v) is 4.16. The molecule has 0 aromatic heterocycles. The van der Waals surface area contributed by atoms with Crippen molar-refractivity contribution in [3.05, 3.63) is 59.1 Å². The van der Waals surface area contributed by atoms with Crippen molar-refractivity contribution < 1.29 is 9.59 Å². The number of rotatable bonds is 4. The quantitative estimate of drug-likeness (QED) is 0.790. The lowest BCUT2D eigenvalue weighted by Gasteiger charge is -2.25. The van der Waals surface area contributed by atoms with Crippen molar-refractivity contribution in [3.63, 3.8) is 0 Å². The standard InChI is InChI=1S/C21H19ClN4O2S/c1-12(2)18-20(28)26-19(25-18)13-7-3-5-9-15(13)24-21(26)29-11-17(27)23-16-10-6-4-8-14(16)22/h3-10,12,18H,11H2,1-2H3,(H,23,27)/t18-/m0/s1. The smallest absolute Gasteiger partial charge is 0.259 e. The van der Waals surface area contributed by atoms with Gasteiger partial charge in [0.1, 0.15) is 11.9 Å². The summed E-state index contributed by atoms with van der Waals surface area (Å²) >= 11 is 7.30. The van der Waals surface area contributed by atoms with E-state index in [1.807, 2.05) is 38.1 Å². The Morgan fingerprint density at radius 1 is 1.21 bits per heavy atom. The minimum absolute atomic E-state index is 0.0718. The van der Waals surface area contributed by atoms with Gasteiger partial charge < -0.3 is 5.32 Å². The number of nitrogens with zero attached hydrogens (tertiary/aromatic N) is 3. The number of carbonyl (C=O) groups is 2. The second-order valence-corrected chi connectivity index (χ2v) is 8.39. The van der Waals surface area contributed by atoms with E-state index in [0.717, 1.165) is 11.3 Å². The zero-order valence-corrected chi connectivity index (χ0v) is 17.5. The van der Waals surface area contributed by atoms with E-state index >= 15 is 0 Å². The number of amidine groups is 2. The topological polar surface area (TPSA) is 74.1 Å². The van der Waals surface area contributed by atoms with Crippen LogP contribution in [0.25, 0.3) is 0 Å². The van der Waals surface area contributed by atoms with Crippen LogP contribution in [-0.4, -0.2) is 39.5 Å². The molecule has 0 unspecified atom stereocenters. The maximum atomic E-state index is 13.0. The Morgan fingerprint density at radius 2 is 1.93 bits per heavy atom. The highest BCUT2D eigenvalue weighted by molar-refractivity contribution is 8.14. The van der Waals surface area contributed by atoms with Gasteiger partial charge in [-0.25, -0.2) is 9.89 Å². The van der Waals surface area contributed by atoms with E-state index in [9.17, 15) is 9.59 Å².